The summed E-state index contributed by atoms with van der Waals surface area (Å²) in [4.78, 5) is 26.1. The molecule has 1 aliphatic rings. The third-order valence-corrected chi connectivity index (χ3v) is 5.43. The molecule has 0 N–H and O–H groups in total. The molecule has 0 unspecified atom stereocenters. The third-order valence-electron chi connectivity index (χ3n) is 2.79. The third kappa shape index (κ3) is 3.03. The van der Waals surface area contributed by atoms with Crippen LogP contribution in [0.2, 0.25) is 0 Å². The number of amides is 2. The molecule has 0 spiro atoms. The van der Waals surface area contributed by atoms with E-state index in [9.17, 15) is 9.59 Å². The lowest BCUT2D eigenvalue weighted by Gasteiger charge is -2.35. The van der Waals surface area contributed by atoms with Gasteiger partial charge in [-0.15, -0.1) is 0 Å². The maximum Gasteiger partial charge on any atom is 0.520 e. The summed E-state index contributed by atoms with van der Waals surface area (Å²) in [5.41, 5.74) is 0. The van der Waals surface area contributed by atoms with Crippen molar-refractivity contribution in [2.45, 2.75) is 0 Å². The maximum atomic E-state index is 11.8. The largest absolute Gasteiger partial charge is 0.520 e. The van der Waals surface area contributed by atoms with E-state index in [0.717, 1.165) is 0 Å². The Morgan fingerprint density at radius 3 is 2.06 bits per heavy atom. The van der Waals surface area contributed by atoms with Crippen LogP contribution in [0, 0.1) is 0 Å². The summed E-state index contributed by atoms with van der Waals surface area (Å²) < 4.78 is 15.7. The fraction of sp³-hybridized carbons (Fsp3) is 0.778. The van der Waals surface area contributed by atoms with Gasteiger partial charge >= 0.3 is 8.80 Å². The highest BCUT2D eigenvalue weighted by Gasteiger charge is 2.43. The van der Waals surface area contributed by atoms with Gasteiger partial charge in [-0.1, -0.05) is 0 Å². The van der Waals surface area contributed by atoms with Gasteiger partial charge < -0.3 is 23.1 Å². The average Bonchev–Trinajstić information content (AvgIpc) is 2.33. The molecule has 8 heteroatoms. The molecule has 1 heterocycles. The highest BCUT2D eigenvalue weighted by atomic mass is 28.4. The topological polar surface area (TPSA) is 68.3 Å². The van der Waals surface area contributed by atoms with Gasteiger partial charge in [-0.3, -0.25) is 9.59 Å². The van der Waals surface area contributed by atoms with Crippen LogP contribution in [-0.2, 0) is 22.9 Å². The number of likely N-dealkylation sites (N-methyl/N-ethyl adjacent to an activating group) is 1. The smallest absolute Gasteiger partial charge is 0.376 e. The zero-order valence-electron chi connectivity index (χ0n) is 10.6. The Bertz CT molecular complexity index is 299. The van der Waals surface area contributed by atoms with Crippen molar-refractivity contribution >= 4 is 20.6 Å². The average molecular weight is 262 g/mol. The van der Waals surface area contributed by atoms with Crippen molar-refractivity contribution in [2.24, 2.45) is 0 Å². The minimum atomic E-state index is -2.86. The van der Waals surface area contributed by atoms with E-state index >= 15 is 0 Å². The Morgan fingerprint density at radius 2 is 1.59 bits per heavy atom. The zero-order chi connectivity index (χ0) is 13.1. The Kier molecular flexibility index (Phi) is 4.63. The van der Waals surface area contributed by atoms with E-state index in [4.69, 9.17) is 13.3 Å². The molecule has 2 amide bonds. The number of carbonyl (C=O) groups excluding carboxylic acids is 2. The predicted molar refractivity (Wildman–Crippen MR) is 61.0 cm³/mol. The molecule has 17 heavy (non-hydrogen) atoms. The lowest BCUT2D eigenvalue weighted by molar-refractivity contribution is -0.148. The number of nitrogens with zero attached hydrogens (tertiary/aromatic N) is 2. The van der Waals surface area contributed by atoms with Gasteiger partial charge in [-0.2, -0.15) is 0 Å². The number of piperazine rings is 1. The van der Waals surface area contributed by atoms with Crippen LogP contribution in [0.25, 0.3) is 0 Å². The molecule has 98 valence electrons. The van der Waals surface area contributed by atoms with Crippen molar-refractivity contribution in [1.29, 1.82) is 0 Å². The molecule has 1 saturated heterocycles. The summed E-state index contributed by atoms with van der Waals surface area (Å²) >= 11 is 0. The second-order valence-corrected chi connectivity index (χ2v) is 6.70. The summed E-state index contributed by atoms with van der Waals surface area (Å²) in [5.74, 6) is -0.231. The Labute approximate surface area is 102 Å². The van der Waals surface area contributed by atoms with Gasteiger partial charge in [0.2, 0.25) is 11.8 Å². The first-order chi connectivity index (χ1) is 7.98. The monoisotopic (exact) mass is 262 g/mol. The lowest BCUT2D eigenvalue weighted by atomic mass is 10.3. The van der Waals surface area contributed by atoms with Crippen LogP contribution in [0.15, 0.2) is 0 Å². The predicted octanol–water partition coefficient (Wildman–Crippen LogP) is -1.30. The fourth-order valence-electron chi connectivity index (χ4n) is 1.58. The van der Waals surface area contributed by atoms with E-state index in [1.807, 2.05) is 0 Å². The highest BCUT2D eigenvalue weighted by Crippen LogP contribution is 2.11. The van der Waals surface area contributed by atoms with Crippen molar-refractivity contribution in [2.75, 3.05) is 47.6 Å². The highest BCUT2D eigenvalue weighted by molar-refractivity contribution is 6.61. The van der Waals surface area contributed by atoms with Crippen molar-refractivity contribution < 1.29 is 22.9 Å². The first kappa shape index (κ1) is 14.1. The summed E-state index contributed by atoms with van der Waals surface area (Å²) in [5, 5.41) is 0. The van der Waals surface area contributed by atoms with Gasteiger partial charge in [-0.25, -0.2) is 0 Å². The first-order valence-corrected chi connectivity index (χ1v) is 7.08. The van der Waals surface area contributed by atoms with E-state index < -0.39 is 8.80 Å². The molecule has 0 aliphatic carbocycles. The van der Waals surface area contributed by atoms with E-state index in [1.54, 1.807) is 7.05 Å². The quantitative estimate of drug-likeness (QED) is 0.576. The maximum absolute atomic E-state index is 11.8. The summed E-state index contributed by atoms with van der Waals surface area (Å²) in [6.45, 7) is 0.126. The van der Waals surface area contributed by atoms with E-state index in [-0.39, 0.29) is 31.1 Å². The summed E-state index contributed by atoms with van der Waals surface area (Å²) in [6.07, 6.45) is 0.189. The van der Waals surface area contributed by atoms with Gasteiger partial charge in [-0.05, 0) is 0 Å². The van der Waals surface area contributed by atoms with E-state index in [0.29, 0.717) is 0 Å². The normalized spacial score (nSPS) is 17.9. The van der Waals surface area contributed by atoms with Crippen molar-refractivity contribution in [3.8, 4) is 0 Å². The second-order valence-electron chi connectivity index (χ2n) is 3.79. The minimum absolute atomic E-state index is 0.0418. The lowest BCUT2D eigenvalue weighted by Crippen LogP contribution is -2.60. The van der Waals surface area contributed by atoms with Crippen LogP contribution in [0.3, 0.4) is 0 Å². The second kappa shape index (κ2) is 5.58. The van der Waals surface area contributed by atoms with Crippen LogP contribution in [-0.4, -0.2) is 78.1 Å². The van der Waals surface area contributed by atoms with Crippen LogP contribution >= 0.6 is 0 Å². The number of carbonyl (C=O) groups is 2. The molecule has 0 radical (unpaired) electrons. The Hall–Kier alpha value is -0.963. The molecule has 1 aliphatic heterocycles. The Morgan fingerprint density at radius 1 is 1.06 bits per heavy atom. The fourth-order valence-corrected chi connectivity index (χ4v) is 3.23. The molecule has 0 bridgehead atoms. The van der Waals surface area contributed by atoms with E-state index in [1.165, 1.54) is 31.1 Å². The van der Waals surface area contributed by atoms with Crippen LogP contribution in [0.4, 0.5) is 0 Å². The molecule has 1 rings (SSSR count). The van der Waals surface area contributed by atoms with Gasteiger partial charge in [0.25, 0.3) is 0 Å². The van der Waals surface area contributed by atoms with Crippen LogP contribution in [0.5, 0.6) is 0 Å². The minimum Gasteiger partial charge on any atom is -0.376 e. The molecule has 0 saturated carbocycles. The molecular weight excluding hydrogens is 244 g/mol. The van der Waals surface area contributed by atoms with Crippen molar-refractivity contribution in [3.05, 3.63) is 0 Å². The van der Waals surface area contributed by atoms with Gasteiger partial charge in [0.1, 0.15) is 0 Å². The molecule has 0 aromatic heterocycles. The SMILES string of the molecule is CO[Si](CN1CC(=O)N(C)CC1=O)(OC)OC. The van der Waals surface area contributed by atoms with E-state index in [2.05, 4.69) is 0 Å². The van der Waals surface area contributed by atoms with Gasteiger partial charge in [0.15, 0.2) is 0 Å². The van der Waals surface area contributed by atoms with Gasteiger partial charge in [0.05, 0.1) is 19.3 Å². The zero-order valence-corrected chi connectivity index (χ0v) is 11.6. The number of hydrogen-bond acceptors (Lipinski definition) is 5. The standard InChI is InChI=1S/C9H18N2O5Si/c1-10-5-9(13)11(6-8(10)12)7-17(14-2,15-3)16-4/h5-7H2,1-4H3. The number of rotatable bonds is 5. The van der Waals surface area contributed by atoms with Crippen LogP contribution in [0.1, 0.15) is 0 Å². The van der Waals surface area contributed by atoms with Gasteiger partial charge in [0, 0.05) is 28.4 Å². The molecular formula is C9H18N2O5Si. The van der Waals surface area contributed by atoms with Crippen molar-refractivity contribution in [1.82, 2.24) is 9.80 Å². The molecule has 1 fully saturated rings. The first-order valence-electron chi connectivity index (χ1n) is 5.15. The van der Waals surface area contributed by atoms with Crippen molar-refractivity contribution in [3.63, 3.8) is 0 Å². The van der Waals surface area contributed by atoms with Crippen LogP contribution < -0.4 is 0 Å². The molecule has 0 aromatic rings. The number of hydrogen-bond donors (Lipinski definition) is 0. The summed E-state index contributed by atoms with van der Waals surface area (Å²) in [6, 6.07) is 0. The molecule has 0 aromatic carbocycles. The molecule has 0 atom stereocenters. The summed E-state index contributed by atoms with van der Waals surface area (Å²) in [7, 11) is 3.16. The Balaban J connectivity index is 2.73. The molecule has 7 nitrogen and oxygen atoms in total.